The second kappa shape index (κ2) is 3.53. The molecule has 3 rings (SSSR count). The topological polar surface area (TPSA) is 90.0 Å². The average Bonchev–Trinajstić information content (AvgIpc) is 2.82. The van der Waals surface area contributed by atoms with Gasteiger partial charge in [-0.05, 0) is 18.2 Å². The number of nitrogens with one attached hydrogen (secondary N) is 1. The number of nitrogens with zero attached hydrogens (tertiary/aromatic N) is 3. The highest BCUT2D eigenvalue weighted by Crippen LogP contribution is 2.27. The van der Waals surface area contributed by atoms with E-state index in [1.807, 2.05) is 0 Å². The summed E-state index contributed by atoms with van der Waals surface area (Å²) in [7, 11) is 0. The Morgan fingerprint density at radius 3 is 3.00 bits per heavy atom. The predicted octanol–water partition coefficient (Wildman–Crippen LogP) is -0.323. The van der Waals surface area contributed by atoms with Crippen LogP contribution in [0.5, 0.6) is 0 Å². The third kappa shape index (κ3) is 1.50. The Kier molecular flexibility index (Phi) is 2.03. The van der Waals surface area contributed by atoms with E-state index in [1.54, 1.807) is 18.2 Å². The Hall–Kier alpha value is -2.02. The minimum Gasteiger partial charge on any atom is -0.452 e. The van der Waals surface area contributed by atoms with E-state index >= 15 is 0 Å². The molecule has 7 heteroatoms. The summed E-state index contributed by atoms with van der Waals surface area (Å²) in [5.74, 6) is 0.104. The molecule has 1 aromatic rings. The van der Waals surface area contributed by atoms with Crippen molar-refractivity contribution in [3.8, 4) is 0 Å². The van der Waals surface area contributed by atoms with Crippen LogP contribution in [-0.4, -0.2) is 38.8 Å². The summed E-state index contributed by atoms with van der Waals surface area (Å²) in [6.07, 6.45) is 5.55. The zero-order chi connectivity index (χ0) is 11.0. The van der Waals surface area contributed by atoms with Gasteiger partial charge in [-0.3, -0.25) is 0 Å². The van der Waals surface area contributed by atoms with Crippen molar-refractivity contribution in [1.82, 2.24) is 20.6 Å². The van der Waals surface area contributed by atoms with Crippen molar-refractivity contribution in [3.05, 3.63) is 30.1 Å². The number of fused-ring (bicyclic) bond motifs is 1. The van der Waals surface area contributed by atoms with Crippen LogP contribution < -0.4 is 0 Å². The van der Waals surface area contributed by atoms with Crippen molar-refractivity contribution in [3.63, 3.8) is 0 Å². The van der Waals surface area contributed by atoms with Crippen LogP contribution in [-0.2, 0) is 14.3 Å². The standard InChI is InChI=1S/C9H8N4O3/c14-8-4-3-5-6(16-8)1-2-7(15-5)9-10-12-13-11-9/h1-7H,(H,10,11,12,13)/t5-,6-,7+/m1/s1. The molecule has 0 aromatic carbocycles. The van der Waals surface area contributed by atoms with Crippen LogP contribution in [0, 0.1) is 0 Å². The number of tetrazole rings is 1. The van der Waals surface area contributed by atoms with E-state index in [-0.39, 0.29) is 24.3 Å². The van der Waals surface area contributed by atoms with Crippen LogP contribution in [0.4, 0.5) is 0 Å². The second-order valence-corrected chi connectivity index (χ2v) is 3.44. The second-order valence-electron chi connectivity index (χ2n) is 3.44. The van der Waals surface area contributed by atoms with Crippen molar-refractivity contribution >= 4 is 5.97 Å². The minimum atomic E-state index is -0.361. The molecule has 3 atom stereocenters. The zero-order valence-electron chi connectivity index (χ0n) is 8.11. The molecule has 0 spiro atoms. The molecule has 0 unspecified atom stereocenters. The van der Waals surface area contributed by atoms with E-state index in [0.29, 0.717) is 5.82 Å². The first-order chi connectivity index (χ1) is 7.83. The monoisotopic (exact) mass is 220 g/mol. The number of aromatic nitrogens is 4. The first-order valence-corrected chi connectivity index (χ1v) is 4.79. The Morgan fingerprint density at radius 2 is 2.19 bits per heavy atom. The van der Waals surface area contributed by atoms with Crippen LogP contribution >= 0.6 is 0 Å². The number of carbonyl (C=O) groups is 1. The van der Waals surface area contributed by atoms with Gasteiger partial charge in [0.2, 0.25) is 5.82 Å². The zero-order valence-corrected chi connectivity index (χ0v) is 8.11. The molecular formula is C9H8N4O3. The summed E-state index contributed by atoms with van der Waals surface area (Å²) in [4.78, 5) is 11.0. The normalized spacial score (nSPS) is 32.2. The number of aromatic amines is 1. The molecule has 0 fully saturated rings. The molecule has 0 amide bonds. The van der Waals surface area contributed by atoms with E-state index in [9.17, 15) is 4.79 Å². The van der Waals surface area contributed by atoms with Gasteiger partial charge < -0.3 is 9.47 Å². The number of carbonyl (C=O) groups excluding carboxylic acids is 1. The van der Waals surface area contributed by atoms with Crippen LogP contribution in [0.1, 0.15) is 11.9 Å². The summed E-state index contributed by atoms with van der Waals surface area (Å²) in [5, 5.41) is 13.5. The molecule has 1 aromatic heterocycles. The maximum absolute atomic E-state index is 11.0. The van der Waals surface area contributed by atoms with Gasteiger partial charge in [0.1, 0.15) is 12.2 Å². The molecule has 0 radical (unpaired) electrons. The molecule has 0 saturated heterocycles. The molecule has 1 N–H and O–H groups in total. The number of H-pyrrole nitrogens is 1. The van der Waals surface area contributed by atoms with Gasteiger partial charge in [-0.15, -0.1) is 10.2 Å². The lowest BCUT2D eigenvalue weighted by Crippen LogP contribution is -2.37. The highest BCUT2D eigenvalue weighted by Gasteiger charge is 2.32. The molecular weight excluding hydrogens is 212 g/mol. The third-order valence-corrected chi connectivity index (χ3v) is 2.39. The van der Waals surface area contributed by atoms with Crippen LogP contribution in [0.15, 0.2) is 24.3 Å². The first kappa shape index (κ1) is 9.22. The molecule has 0 aliphatic carbocycles. The van der Waals surface area contributed by atoms with E-state index in [4.69, 9.17) is 9.47 Å². The predicted molar refractivity (Wildman–Crippen MR) is 50.0 cm³/mol. The van der Waals surface area contributed by atoms with Crippen molar-refractivity contribution in [1.29, 1.82) is 0 Å². The molecule has 0 bridgehead atoms. The van der Waals surface area contributed by atoms with Gasteiger partial charge in [-0.1, -0.05) is 5.21 Å². The molecule has 0 saturated carbocycles. The highest BCUT2D eigenvalue weighted by molar-refractivity contribution is 5.83. The number of hydrogen-bond donors (Lipinski definition) is 1. The van der Waals surface area contributed by atoms with Crippen molar-refractivity contribution in [2.75, 3.05) is 0 Å². The lowest BCUT2D eigenvalue weighted by molar-refractivity contribution is -0.151. The maximum atomic E-state index is 11.0. The molecule has 2 aliphatic rings. The van der Waals surface area contributed by atoms with E-state index in [2.05, 4.69) is 20.6 Å². The molecule has 82 valence electrons. The first-order valence-electron chi connectivity index (χ1n) is 4.79. The number of ether oxygens (including phenoxy) is 2. The summed E-state index contributed by atoms with van der Waals surface area (Å²) >= 11 is 0. The van der Waals surface area contributed by atoms with Gasteiger partial charge in [0.25, 0.3) is 0 Å². The molecule has 3 heterocycles. The fraction of sp³-hybridized carbons (Fsp3) is 0.333. The highest BCUT2D eigenvalue weighted by atomic mass is 16.6. The third-order valence-electron chi connectivity index (χ3n) is 2.39. The Balaban J connectivity index is 1.83. The van der Waals surface area contributed by atoms with Crippen LogP contribution in [0.2, 0.25) is 0 Å². The Morgan fingerprint density at radius 1 is 1.25 bits per heavy atom. The molecule has 16 heavy (non-hydrogen) atoms. The Bertz CT molecular complexity index is 453. The lowest BCUT2D eigenvalue weighted by Gasteiger charge is -2.30. The summed E-state index contributed by atoms with van der Waals surface area (Å²) in [6, 6.07) is 0. The van der Waals surface area contributed by atoms with E-state index < -0.39 is 0 Å². The van der Waals surface area contributed by atoms with Crippen molar-refractivity contribution < 1.29 is 14.3 Å². The summed E-state index contributed by atoms with van der Waals surface area (Å²) < 4.78 is 10.7. The van der Waals surface area contributed by atoms with Gasteiger partial charge in [-0.25, -0.2) is 4.79 Å². The quantitative estimate of drug-likeness (QED) is 0.515. The van der Waals surface area contributed by atoms with E-state index in [0.717, 1.165) is 0 Å². The van der Waals surface area contributed by atoms with Crippen molar-refractivity contribution in [2.24, 2.45) is 0 Å². The number of esters is 1. The number of rotatable bonds is 1. The largest absolute Gasteiger partial charge is 0.452 e. The molecule has 2 aliphatic heterocycles. The Labute approximate surface area is 90.1 Å². The summed E-state index contributed by atoms with van der Waals surface area (Å²) in [6.45, 7) is 0. The van der Waals surface area contributed by atoms with Gasteiger partial charge >= 0.3 is 5.97 Å². The fourth-order valence-corrected chi connectivity index (χ4v) is 1.66. The van der Waals surface area contributed by atoms with E-state index in [1.165, 1.54) is 6.08 Å². The van der Waals surface area contributed by atoms with Gasteiger partial charge in [-0.2, -0.15) is 5.21 Å². The maximum Gasteiger partial charge on any atom is 0.331 e. The van der Waals surface area contributed by atoms with Gasteiger partial charge in [0, 0.05) is 6.08 Å². The smallest absolute Gasteiger partial charge is 0.331 e. The van der Waals surface area contributed by atoms with Crippen LogP contribution in [0.25, 0.3) is 0 Å². The average molecular weight is 220 g/mol. The SMILES string of the molecule is O=C1C=C[C@H]2O[C@H](c3nn[nH]n3)C=C[C@H]2O1. The van der Waals surface area contributed by atoms with Crippen molar-refractivity contribution in [2.45, 2.75) is 18.3 Å². The van der Waals surface area contributed by atoms with Gasteiger partial charge in [0.15, 0.2) is 6.10 Å². The fourth-order valence-electron chi connectivity index (χ4n) is 1.66. The summed E-state index contributed by atoms with van der Waals surface area (Å²) in [5.41, 5.74) is 0. The lowest BCUT2D eigenvalue weighted by atomic mass is 10.1. The molecule has 7 nitrogen and oxygen atoms in total. The van der Waals surface area contributed by atoms with Gasteiger partial charge in [0.05, 0.1) is 0 Å². The number of hydrogen-bond acceptors (Lipinski definition) is 6. The van der Waals surface area contributed by atoms with Crippen LogP contribution in [0.3, 0.4) is 0 Å². The minimum absolute atomic E-state index is 0.286.